The van der Waals surface area contributed by atoms with Crippen LogP contribution < -0.4 is 9.47 Å². The van der Waals surface area contributed by atoms with Crippen LogP contribution >= 0.6 is 15.9 Å². The number of methoxy groups -OCH3 is 1. The molecule has 0 saturated carbocycles. The lowest BCUT2D eigenvalue weighted by molar-refractivity contribution is 0.0654. The predicted octanol–water partition coefficient (Wildman–Crippen LogP) is 4.15. The van der Waals surface area contributed by atoms with Crippen LogP contribution in [0.2, 0.25) is 0 Å². The van der Waals surface area contributed by atoms with Crippen LogP contribution in [0.1, 0.15) is 29.8 Å². The maximum absolute atomic E-state index is 13.3. The van der Waals surface area contributed by atoms with Gasteiger partial charge in [0.25, 0.3) is 0 Å². The molecule has 1 aliphatic heterocycles. The van der Waals surface area contributed by atoms with E-state index in [9.17, 15) is 9.50 Å². The molecular weight excluding hydrogens is 339 g/mol. The van der Waals surface area contributed by atoms with E-state index in [1.807, 2.05) is 0 Å². The predicted molar refractivity (Wildman–Crippen MR) is 80.0 cm³/mol. The average molecular weight is 353 g/mol. The number of hydrogen-bond acceptors (Lipinski definition) is 3. The second-order valence-electron chi connectivity index (χ2n) is 4.94. The lowest BCUT2D eigenvalue weighted by Crippen LogP contribution is -2.19. The van der Waals surface area contributed by atoms with Gasteiger partial charge in [-0.1, -0.05) is 6.07 Å². The monoisotopic (exact) mass is 352 g/mol. The summed E-state index contributed by atoms with van der Waals surface area (Å²) >= 11 is 3.17. The van der Waals surface area contributed by atoms with E-state index in [-0.39, 0.29) is 11.9 Å². The molecule has 0 fully saturated rings. The summed E-state index contributed by atoms with van der Waals surface area (Å²) in [7, 11) is 1.58. The van der Waals surface area contributed by atoms with E-state index in [0.717, 1.165) is 11.1 Å². The van der Waals surface area contributed by atoms with Gasteiger partial charge in [-0.25, -0.2) is 4.39 Å². The van der Waals surface area contributed by atoms with Gasteiger partial charge in [0.2, 0.25) is 0 Å². The topological polar surface area (TPSA) is 38.7 Å². The first kappa shape index (κ1) is 14.4. The summed E-state index contributed by atoms with van der Waals surface area (Å²) in [6, 6.07) is 10.1. The summed E-state index contributed by atoms with van der Waals surface area (Å²) < 4.78 is 24.8. The molecule has 0 radical (unpaired) electrons. The lowest BCUT2D eigenvalue weighted by atomic mass is 9.95. The third-order valence-corrected chi connectivity index (χ3v) is 4.21. The highest BCUT2D eigenvalue weighted by Crippen LogP contribution is 2.42. The van der Waals surface area contributed by atoms with Crippen molar-refractivity contribution in [3.8, 4) is 11.5 Å². The van der Waals surface area contributed by atoms with Gasteiger partial charge >= 0.3 is 0 Å². The minimum Gasteiger partial charge on any atom is -0.497 e. The van der Waals surface area contributed by atoms with E-state index in [4.69, 9.17) is 9.47 Å². The number of benzene rings is 2. The van der Waals surface area contributed by atoms with E-state index in [0.29, 0.717) is 22.4 Å². The summed E-state index contributed by atoms with van der Waals surface area (Å²) in [4.78, 5) is 0. The number of halogens is 2. The zero-order valence-corrected chi connectivity index (χ0v) is 12.9. The Morgan fingerprint density at radius 2 is 2.10 bits per heavy atom. The molecule has 3 nitrogen and oxygen atoms in total. The highest BCUT2D eigenvalue weighted by atomic mass is 79.9. The fraction of sp³-hybridized carbons (Fsp3) is 0.250. The van der Waals surface area contributed by atoms with E-state index in [2.05, 4.69) is 15.9 Å². The molecule has 0 spiro atoms. The van der Waals surface area contributed by atoms with Crippen LogP contribution in [0.15, 0.2) is 40.9 Å². The summed E-state index contributed by atoms with van der Waals surface area (Å²) in [5.41, 5.74) is 1.56. The van der Waals surface area contributed by atoms with Gasteiger partial charge in [-0.05, 0) is 45.8 Å². The van der Waals surface area contributed by atoms with Gasteiger partial charge in [0, 0.05) is 18.1 Å². The van der Waals surface area contributed by atoms with Crippen LogP contribution in [0, 0.1) is 5.82 Å². The van der Waals surface area contributed by atoms with Gasteiger partial charge in [0.05, 0.1) is 17.7 Å². The third kappa shape index (κ3) is 2.76. The van der Waals surface area contributed by atoms with Crippen molar-refractivity contribution in [3.63, 3.8) is 0 Å². The molecule has 21 heavy (non-hydrogen) atoms. The van der Waals surface area contributed by atoms with Gasteiger partial charge < -0.3 is 14.6 Å². The number of ether oxygens (including phenoxy) is 2. The minimum absolute atomic E-state index is 0.322. The molecule has 110 valence electrons. The first-order chi connectivity index (χ1) is 10.1. The van der Waals surface area contributed by atoms with Crippen LogP contribution in [0.4, 0.5) is 4.39 Å². The molecule has 0 bridgehead atoms. The zero-order chi connectivity index (χ0) is 15.0. The molecule has 2 atom stereocenters. The molecule has 2 aromatic carbocycles. The minimum atomic E-state index is -0.617. The maximum Gasteiger partial charge on any atom is 0.137 e. The molecule has 0 saturated heterocycles. The highest BCUT2D eigenvalue weighted by molar-refractivity contribution is 9.10. The lowest BCUT2D eigenvalue weighted by Gasteiger charge is -2.30. The first-order valence-electron chi connectivity index (χ1n) is 6.56. The molecule has 0 aromatic heterocycles. The largest absolute Gasteiger partial charge is 0.497 e. The SMILES string of the molecule is COc1ccc2c(c1)OC(c1ccc(F)c(Br)c1)C[C@H]2O. The molecule has 0 aliphatic carbocycles. The van der Waals surface area contributed by atoms with Crippen molar-refractivity contribution in [2.24, 2.45) is 0 Å². The fourth-order valence-corrected chi connectivity index (χ4v) is 2.86. The second kappa shape index (κ2) is 5.66. The molecule has 3 rings (SSSR count). The Balaban J connectivity index is 1.94. The molecular formula is C16H14BrFO3. The van der Waals surface area contributed by atoms with E-state index in [1.54, 1.807) is 37.4 Å². The van der Waals surface area contributed by atoms with Gasteiger partial charge in [0.1, 0.15) is 23.4 Å². The summed E-state index contributed by atoms with van der Waals surface area (Å²) in [6.07, 6.45) is -0.512. The van der Waals surface area contributed by atoms with Crippen LogP contribution in [0.25, 0.3) is 0 Å². The number of hydrogen-bond donors (Lipinski definition) is 1. The van der Waals surface area contributed by atoms with E-state index in [1.165, 1.54) is 6.07 Å². The van der Waals surface area contributed by atoms with Crippen LogP contribution in [0.5, 0.6) is 11.5 Å². The Morgan fingerprint density at radius 1 is 1.29 bits per heavy atom. The average Bonchev–Trinajstić information content (AvgIpc) is 2.49. The molecule has 2 aromatic rings. The fourth-order valence-electron chi connectivity index (χ4n) is 2.47. The number of aliphatic hydroxyl groups is 1. The van der Waals surface area contributed by atoms with E-state index >= 15 is 0 Å². The summed E-state index contributed by atoms with van der Waals surface area (Å²) in [6.45, 7) is 0. The standard InChI is InChI=1S/C16H14BrFO3/c1-20-10-3-4-11-14(19)8-15(21-16(11)7-10)9-2-5-13(18)12(17)6-9/h2-7,14-15,19H,8H2,1H3/t14-,15?/m1/s1. The molecule has 1 N–H and O–H groups in total. The van der Waals surface area contributed by atoms with Crippen molar-refractivity contribution in [2.45, 2.75) is 18.6 Å². The summed E-state index contributed by atoms with van der Waals surface area (Å²) in [5.74, 6) is 0.942. The molecule has 1 aliphatic rings. The van der Waals surface area contributed by atoms with Crippen molar-refractivity contribution in [1.29, 1.82) is 0 Å². The van der Waals surface area contributed by atoms with E-state index < -0.39 is 6.10 Å². The number of fused-ring (bicyclic) bond motifs is 1. The van der Waals surface area contributed by atoms with Gasteiger partial charge in [-0.3, -0.25) is 0 Å². The van der Waals surface area contributed by atoms with Crippen LogP contribution in [-0.4, -0.2) is 12.2 Å². The highest BCUT2D eigenvalue weighted by Gasteiger charge is 2.28. The van der Waals surface area contributed by atoms with Crippen LogP contribution in [-0.2, 0) is 0 Å². The maximum atomic E-state index is 13.3. The normalized spacial score (nSPS) is 20.6. The molecule has 5 heteroatoms. The summed E-state index contributed by atoms with van der Waals surface area (Å²) in [5, 5.41) is 10.3. The molecule has 0 amide bonds. The van der Waals surface area contributed by atoms with Crippen molar-refractivity contribution >= 4 is 15.9 Å². The van der Waals surface area contributed by atoms with Crippen molar-refractivity contribution < 1.29 is 19.0 Å². The van der Waals surface area contributed by atoms with Gasteiger partial charge in [-0.15, -0.1) is 0 Å². The molecule has 1 heterocycles. The molecule has 1 unspecified atom stereocenters. The Labute approximate surface area is 130 Å². The van der Waals surface area contributed by atoms with Crippen molar-refractivity contribution in [3.05, 3.63) is 57.8 Å². The third-order valence-electron chi connectivity index (χ3n) is 3.60. The quantitative estimate of drug-likeness (QED) is 0.882. The van der Waals surface area contributed by atoms with Crippen molar-refractivity contribution in [1.82, 2.24) is 0 Å². The number of rotatable bonds is 2. The van der Waals surface area contributed by atoms with Gasteiger partial charge in [-0.2, -0.15) is 0 Å². The Kier molecular flexibility index (Phi) is 3.87. The van der Waals surface area contributed by atoms with Gasteiger partial charge in [0.15, 0.2) is 0 Å². The number of aliphatic hydroxyl groups excluding tert-OH is 1. The smallest absolute Gasteiger partial charge is 0.137 e. The van der Waals surface area contributed by atoms with Crippen molar-refractivity contribution in [2.75, 3.05) is 7.11 Å². The Bertz CT molecular complexity index is 675. The zero-order valence-electron chi connectivity index (χ0n) is 11.3. The first-order valence-corrected chi connectivity index (χ1v) is 7.35. The Hall–Kier alpha value is -1.59. The van der Waals surface area contributed by atoms with Crippen LogP contribution in [0.3, 0.4) is 0 Å². The second-order valence-corrected chi connectivity index (χ2v) is 5.79. The Morgan fingerprint density at radius 3 is 2.81 bits per heavy atom.